The number of hydrogen-bond donors (Lipinski definition) is 1. The molecule has 0 fully saturated rings. The molecule has 0 aromatic heterocycles. The van der Waals surface area contributed by atoms with Gasteiger partial charge in [0.05, 0.1) is 6.10 Å². The Morgan fingerprint density at radius 3 is 2.00 bits per heavy atom. The van der Waals surface area contributed by atoms with Crippen molar-refractivity contribution in [3.8, 4) is 16.9 Å². The number of benzene rings is 3. The molecule has 1 N–H and O–H groups in total. The zero-order chi connectivity index (χ0) is 24.2. The number of fused-ring (bicyclic) bond motifs is 3. The van der Waals surface area contributed by atoms with Gasteiger partial charge in [-0.15, -0.1) is 0 Å². The molecule has 0 bridgehead atoms. The summed E-state index contributed by atoms with van der Waals surface area (Å²) in [6, 6.07) is 22.4. The summed E-state index contributed by atoms with van der Waals surface area (Å²) >= 11 is 0. The van der Waals surface area contributed by atoms with E-state index in [1.54, 1.807) is 0 Å². The largest absolute Gasteiger partial charge is 0.491 e. The maximum Gasteiger partial charge on any atom is 0.410 e. The highest BCUT2D eigenvalue weighted by atomic mass is 16.6. The number of rotatable bonds is 8. The molecule has 0 radical (unpaired) electrons. The van der Waals surface area contributed by atoms with Crippen molar-refractivity contribution in [2.75, 3.05) is 13.7 Å². The van der Waals surface area contributed by atoms with Gasteiger partial charge in [0.1, 0.15) is 18.4 Å². The molecule has 0 saturated carbocycles. The van der Waals surface area contributed by atoms with Crippen LogP contribution >= 0.6 is 0 Å². The Labute approximate surface area is 199 Å². The van der Waals surface area contributed by atoms with Crippen molar-refractivity contribution in [3.05, 3.63) is 89.5 Å². The van der Waals surface area contributed by atoms with E-state index < -0.39 is 18.1 Å². The number of carboxylic acids is 1. The van der Waals surface area contributed by atoms with Crippen LogP contribution < -0.4 is 4.74 Å². The summed E-state index contributed by atoms with van der Waals surface area (Å²) in [5.41, 5.74) is 5.29. The minimum absolute atomic E-state index is 0.0531. The molecule has 176 valence electrons. The van der Waals surface area contributed by atoms with Gasteiger partial charge in [-0.2, -0.15) is 0 Å². The summed E-state index contributed by atoms with van der Waals surface area (Å²) in [7, 11) is 1.47. The lowest BCUT2D eigenvalue weighted by atomic mass is 9.98. The molecule has 0 aliphatic heterocycles. The maximum atomic E-state index is 12.9. The minimum atomic E-state index is -1.08. The summed E-state index contributed by atoms with van der Waals surface area (Å²) in [6.45, 7) is 4.03. The van der Waals surface area contributed by atoms with Crippen LogP contribution in [-0.4, -0.2) is 47.9 Å². The van der Waals surface area contributed by atoms with E-state index in [0.29, 0.717) is 0 Å². The second-order valence-corrected chi connectivity index (χ2v) is 8.78. The van der Waals surface area contributed by atoms with E-state index in [1.807, 2.05) is 74.5 Å². The molecule has 3 aromatic carbocycles. The lowest BCUT2D eigenvalue weighted by Crippen LogP contribution is -2.44. The Morgan fingerprint density at radius 1 is 0.912 bits per heavy atom. The van der Waals surface area contributed by atoms with Gasteiger partial charge in [-0.25, -0.2) is 9.59 Å². The predicted octanol–water partition coefficient (Wildman–Crippen LogP) is 5.35. The molecule has 34 heavy (non-hydrogen) atoms. The molecule has 0 heterocycles. The SMILES string of the molecule is CC(C)Oc1ccc(CC(C(=O)O)N(C)C(=O)OCC2c3ccccc3-c3ccccc32)cc1. The average Bonchev–Trinajstić information content (AvgIpc) is 3.15. The summed E-state index contributed by atoms with van der Waals surface area (Å²) in [6.07, 6.45) is -0.441. The van der Waals surface area contributed by atoms with Crippen molar-refractivity contribution in [2.24, 2.45) is 0 Å². The third-order valence-electron chi connectivity index (χ3n) is 6.10. The molecular formula is C28H29NO5. The van der Waals surface area contributed by atoms with Gasteiger partial charge < -0.3 is 14.6 Å². The fraction of sp³-hybridized carbons (Fsp3) is 0.286. The Hall–Kier alpha value is -3.80. The molecule has 1 atom stereocenters. The van der Waals surface area contributed by atoms with Gasteiger partial charge in [0.15, 0.2) is 0 Å². The Balaban J connectivity index is 1.43. The lowest BCUT2D eigenvalue weighted by molar-refractivity contribution is -0.142. The molecule has 6 nitrogen and oxygen atoms in total. The Kier molecular flexibility index (Phi) is 6.87. The number of carbonyl (C=O) groups excluding carboxylic acids is 1. The number of aliphatic carboxylic acids is 1. The van der Waals surface area contributed by atoms with Crippen LogP contribution in [0.5, 0.6) is 5.75 Å². The van der Waals surface area contributed by atoms with Gasteiger partial charge in [-0.3, -0.25) is 4.90 Å². The maximum absolute atomic E-state index is 12.9. The fourth-order valence-corrected chi connectivity index (χ4v) is 4.41. The first kappa shape index (κ1) is 23.4. The van der Waals surface area contributed by atoms with E-state index in [0.717, 1.165) is 38.5 Å². The highest BCUT2D eigenvalue weighted by Gasteiger charge is 2.32. The van der Waals surface area contributed by atoms with Crippen molar-refractivity contribution in [1.82, 2.24) is 4.90 Å². The molecule has 1 amide bonds. The van der Waals surface area contributed by atoms with E-state index in [2.05, 4.69) is 12.1 Å². The van der Waals surface area contributed by atoms with E-state index in [1.165, 1.54) is 7.05 Å². The van der Waals surface area contributed by atoms with Crippen molar-refractivity contribution >= 4 is 12.1 Å². The molecule has 1 aliphatic carbocycles. The van der Waals surface area contributed by atoms with Crippen molar-refractivity contribution in [3.63, 3.8) is 0 Å². The Bertz CT molecular complexity index is 1130. The standard InChI is InChI=1S/C28H29NO5/c1-18(2)34-20-14-12-19(13-15-20)16-26(27(30)31)29(3)28(32)33-17-25-23-10-6-4-8-21(23)22-9-5-7-11-24(22)25/h4-15,18,25-26H,16-17H2,1-3H3,(H,30,31). The summed E-state index contributed by atoms with van der Waals surface area (Å²) in [4.78, 5) is 26.0. The first-order valence-electron chi connectivity index (χ1n) is 11.4. The van der Waals surface area contributed by atoms with Crippen molar-refractivity contribution in [2.45, 2.75) is 38.3 Å². The molecule has 0 saturated heterocycles. The van der Waals surface area contributed by atoms with Crippen LogP contribution in [0.15, 0.2) is 72.8 Å². The van der Waals surface area contributed by atoms with Crippen LogP contribution in [0.4, 0.5) is 4.79 Å². The average molecular weight is 460 g/mol. The van der Waals surface area contributed by atoms with E-state index in [-0.39, 0.29) is 25.0 Å². The van der Waals surface area contributed by atoms with Gasteiger partial charge >= 0.3 is 12.1 Å². The smallest absolute Gasteiger partial charge is 0.410 e. The summed E-state index contributed by atoms with van der Waals surface area (Å²) < 4.78 is 11.3. The highest BCUT2D eigenvalue weighted by molar-refractivity contribution is 5.81. The number of hydrogen-bond acceptors (Lipinski definition) is 4. The third kappa shape index (κ3) is 4.91. The van der Waals surface area contributed by atoms with Crippen LogP contribution in [-0.2, 0) is 16.0 Å². The van der Waals surface area contributed by atoms with Gasteiger partial charge in [-0.1, -0.05) is 60.7 Å². The minimum Gasteiger partial charge on any atom is -0.491 e. The lowest BCUT2D eigenvalue weighted by Gasteiger charge is -2.25. The van der Waals surface area contributed by atoms with Gasteiger partial charge in [0, 0.05) is 19.4 Å². The quantitative estimate of drug-likeness (QED) is 0.491. The van der Waals surface area contributed by atoms with Crippen LogP contribution in [0.3, 0.4) is 0 Å². The molecule has 1 aliphatic rings. The van der Waals surface area contributed by atoms with E-state index in [4.69, 9.17) is 9.47 Å². The fourth-order valence-electron chi connectivity index (χ4n) is 4.41. The molecule has 3 aromatic rings. The molecule has 4 rings (SSSR count). The topological polar surface area (TPSA) is 76.1 Å². The van der Waals surface area contributed by atoms with Crippen LogP contribution in [0.2, 0.25) is 0 Å². The second-order valence-electron chi connectivity index (χ2n) is 8.78. The number of ether oxygens (including phenoxy) is 2. The normalized spacial score (nSPS) is 13.2. The van der Waals surface area contributed by atoms with Gasteiger partial charge in [0.25, 0.3) is 0 Å². The van der Waals surface area contributed by atoms with Crippen molar-refractivity contribution in [1.29, 1.82) is 0 Å². The molecule has 1 unspecified atom stereocenters. The number of carbonyl (C=O) groups is 2. The van der Waals surface area contributed by atoms with Gasteiger partial charge in [0.2, 0.25) is 0 Å². The first-order valence-corrected chi connectivity index (χ1v) is 11.4. The van der Waals surface area contributed by atoms with E-state index >= 15 is 0 Å². The molecule has 0 spiro atoms. The molecular weight excluding hydrogens is 430 g/mol. The van der Waals surface area contributed by atoms with Crippen molar-refractivity contribution < 1.29 is 24.2 Å². The number of amides is 1. The summed E-state index contributed by atoms with van der Waals surface area (Å²) in [5.74, 6) is -0.449. The monoisotopic (exact) mass is 459 g/mol. The van der Waals surface area contributed by atoms with Gasteiger partial charge in [-0.05, 0) is 53.8 Å². The van der Waals surface area contributed by atoms with Crippen LogP contribution in [0.25, 0.3) is 11.1 Å². The third-order valence-corrected chi connectivity index (χ3v) is 6.10. The van der Waals surface area contributed by atoms with Crippen LogP contribution in [0, 0.1) is 0 Å². The number of likely N-dealkylation sites (N-methyl/N-ethyl adjacent to an activating group) is 1. The molecule has 6 heteroatoms. The second kappa shape index (κ2) is 10.00. The van der Waals surface area contributed by atoms with E-state index in [9.17, 15) is 14.7 Å². The van der Waals surface area contributed by atoms with Crippen LogP contribution in [0.1, 0.15) is 36.5 Å². The number of nitrogens with zero attached hydrogens (tertiary/aromatic N) is 1. The Morgan fingerprint density at radius 2 is 1.47 bits per heavy atom. The highest BCUT2D eigenvalue weighted by Crippen LogP contribution is 2.44. The zero-order valence-corrected chi connectivity index (χ0v) is 19.6. The zero-order valence-electron chi connectivity index (χ0n) is 19.6. The summed E-state index contributed by atoms with van der Waals surface area (Å²) in [5, 5.41) is 9.79. The predicted molar refractivity (Wildman–Crippen MR) is 130 cm³/mol. The first-order chi connectivity index (χ1) is 16.3. The number of carboxylic acid groups (broad SMARTS) is 1.